The molecule has 0 aliphatic carbocycles. The highest BCUT2D eigenvalue weighted by atomic mass is 16.5. The van der Waals surface area contributed by atoms with Crippen molar-refractivity contribution in [1.29, 1.82) is 0 Å². The summed E-state index contributed by atoms with van der Waals surface area (Å²) >= 11 is 0. The molecule has 0 spiro atoms. The fourth-order valence-corrected chi connectivity index (χ4v) is 4.97. The number of carbonyl (C=O) groups is 1. The van der Waals surface area contributed by atoms with Gasteiger partial charge in [0.2, 0.25) is 0 Å². The molecule has 3 aromatic carbocycles. The number of amides is 1. The molecule has 0 bridgehead atoms. The Labute approximate surface area is 215 Å². The largest absolute Gasteiger partial charge is 0.493 e. The Hall–Kier alpha value is -4.26. The second-order valence-electron chi connectivity index (χ2n) is 9.26. The van der Waals surface area contributed by atoms with Crippen LogP contribution in [0.3, 0.4) is 0 Å². The number of carbonyl (C=O) groups excluding carboxylic acids is 1. The third-order valence-corrected chi connectivity index (χ3v) is 6.86. The highest BCUT2D eigenvalue weighted by Crippen LogP contribution is 2.39. The van der Waals surface area contributed by atoms with Gasteiger partial charge in [-0.15, -0.1) is 0 Å². The van der Waals surface area contributed by atoms with Crippen molar-refractivity contribution in [2.45, 2.75) is 26.3 Å². The van der Waals surface area contributed by atoms with Gasteiger partial charge in [-0.25, -0.2) is 4.79 Å². The molecule has 0 radical (unpaired) electrons. The number of fused-ring (bicyclic) bond motifs is 2. The fraction of sp³-hybridized carbons (Fsp3) is 0.267. The summed E-state index contributed by atoms with van der Waals surface area (Å²) in [5.41, 5.74) is 4.60. The maximum absolute atomic E-state index is 13.7. The highest BCUT2D eigenvalue weighted by Gasteiger charge is 2.33. The Kier molecular flexibility index (Phi) is 6.61. The van der Waals surface area contributed by atoms with Crippen LogP contribution in [0, 0.1) is 13.8 Å². The van der Waals surface area contributed by atoms with Crippen molar-refractivity contribution < 1.29 is 23.4 Å². The molecule has 1 atom stereocenters. The number of benzene rings is 3. The van der Waals surface area contributed by atoms with Crippen molar-refractivity contribution in [3.63, 3.8) is 0 Å². The van der Waals surface area contributed by atoms with Crippen LogP contribution in [-0.2, 0) is 6.42 Å². The average molecular weight is 500 g/mol. The SMILES string of the molecule is COc1cc2c(cc1OC)[C@@H](COc1ccc3c(C)cc(=O)oc3c1)N(C(=O)c1cccc(C)c1)CC2. The molecule has 0 saturated carbocycles. The van der Waals surface area contributed by atoms with Gasteiger partial charge in [0.05, 0.1) is 20.3 Å². The maximum Gasteiger partial charge on any atom is 0.336 e. The molecule has 0 unspecified atom stereocenters. The van der Waals surface area contributed by atoms with E-state index in [0.29, 0.717) is 41.4 Å². The lowest BCUT2D eigenvalue weighted by molar-refractivity contribution is 0.0589. The summed E-state index contributed by atoms with van der Waals surface area (Å²) < 4.78 is 22.7. The van der Waals surface area contributed by atoms with Gasteiger partial charge in [-0.3, -0.25) is 4.79 Å². The molecule has 1 aliphatic heterocycles. The second-order valence-corrected chi connectivity index (χ2v) is 9.26. The summed E-state index contributed by atoms with van der Waals surface area (Å²) in [6.07, 6.45) is 0.685. The molecule has 0 N–H and O–H groups in total. The normalized spacial score (nSPS) is 14.8. The Bertz CT molecular complexity index is 1540. The molecule has 4 aromatic rings. The Morgan fingerprint density at radius 3 is 2.54 bits per heavy atom. The van der Waals surface area contributed by atoms with Crippen molar-refractivity contribution in [1.82, 2.24) is 4.90 Å². The summed E-state index contributed by atoms with van der Waals surface area (Å²) in [5, 5.41) is 0.850. The molecular weight excluding hydrogens is 470 g/mol. The Balaban J connectivity index is 1.52. The van der Waals surface area contributed by atoms with Gasteiger partial charge in [0.25, 0.3) is 5.91 Å². The molecule has 1 aromatic heterocycles. The minimum atomic E-state index is -0.403. The Morgan fingerprint density at radius 2 is 1.78 bits per heavy atom. The van der Waals surface area contributed by atoms with Crippen LogP contribution in [0.4, 0.5) is 0 Å². The third kappa shape index (κ3) is 4.77. The lowest BCUT2D eigenvalue weighted by atomic mass is 9.91. The predicted molar refractivity (Wildman–Crippen MR) is 141 cm³/mol. The number of rotatable bonds is 6. The van der Waals surface area contributed by atoms with E-state index in [-0.39, 0.29) is 18.6 Å². The molecule has 5 rings (SSSR count). The zero-order valence-electron chi connectivity index (χ0n) is 21.4. The van der Waals surface area contributed by atoms with E-state index in [4.69, 9.17) is 18.6 Å². The fourth-order valence-electron chi connectivity index (χ4n) is 4.97. The quantitative estimate of drug-likeness (QED) is 0.338. The molecule has 37 heavy (non-hydrogen) atoms. The van der Waals surface area contributed by atoms with E-state index in [1.54, 1.807) is 20.3 Å². The van der Waals surface area contributed by atoms with E-state index in [1.807, 2.05) is 67.3 Å². The molecule has 7 nitrogen and oxygen atoms in total. The minimum Gasteiger partial charge on any atom is -0.493 e. The topological polar surface area (TPSA) is 78.2 Å². The highest BCUT2D eigenvalue weighted by molar-refractivity contribution is 5.95. The maximum atomic E-state index is 13.7. The molecular formula is C30H29NO6. The van der Waals surface area contributed by atoms with Gasteiger partial charge in [-0.05, 0) is 73.4 Å². The van der Waals surface area contributed by atoms with Crippen molar-refractivity contribution >= 4 is 16.9 Å². The summed E-state index contributed by atoms with van der Waals surface area (Å²) in [6, 6.07) is 18.1. The first-order valence-electron chi connectivity index (χ1n) is 12.2. The van der Waals surface area contributed by atoms with Crippen LogP contribution in [0.1, 0.15) is 38.7 Å². The van der Waals surface area contributed by atoms with Crippen molar-refractivity contribution in [2.75, 3.05) is 27.4 Å². The van der Waals surface area contributed by atoms with Gasteiger partial charge in [-0.2, -0.15) is 0 Å². The van der Waals surface area contributed by atoms with Crippen LogP contribution in [0.5, 0.6) is 17.2 Å². The average Bonchev–Trinajstić information content (AvgIpc) is 2.90. The van der Waals surface area contributed by atoms with Gasteiger partial charge in [-0.1, -0.05) is 17.7 Å². The number of methoxy groups -OCH3 is 2. The summed E-state index contributed by atoms with van der Waals surface area (Å²) in [4.78, 5) is 27.4. The smallest absolute Gasteiger partial charge is 0.336 e. The monoisotopic (exact) mass is 499 g/mol. The van der Waals surface area contributed by atoms with E-state index in [0.717, 1.165) is 27.6 Å². The van der Waals surface area contributed by atoms with Gasteiger partial charge in [0.1, 0.15) is 17.9 Å². The lowest BCUT2D eigenvalue weighted by Gasteiger charge is -2.37. The van der Waals surface area contributed by atoms with Crippen LogP contribution in [0.2, 0.25) is 0 Å². The molecule has 0 saturated heterocycles. The van der Waals surface area contributed by atoms with Gasteiger partial charge >= 0.3 is 5.63 Å². The number of aryl methyl sites for hydroxylation is 2. The van der Waals surface area contributed by atoms with Crippen LogP contribution < -0.4 is 19.8 Å². The molecule has 1 aliphatic rings. The summed E-state index contributed by atoms with van der Waals surface area (Å²) in [6.45, 7) is 4.59. The zero-order valence-corrected chi connectivity index (χ0v) is 21.4. The molecule has 1 amide bonds. The molecule has 190 valence electrons. The summed E-state index contributed by atoms with van der Waals surface area (Å²) in [5.74, 6) is 1.74. The van der Waals surface area contributed by atoms with Gasteiger partial charge in [0.15, 0.2) is 11.5 Å². The second kappa shape index (κ2) is 10.0. The van der Waals surface area contributed by atoms with Crippen LogP contribution in [0.15, 0.2) is 69.9 Å². The first-order chi connectivity index (χ1) is 17.9. The number of hydrogen-bond acceptors (Lipinski definition) is 6. The molecule has 2 heterocycles. The van der Waals surface area contributed by atoms with E-state index in [1.165, 1.54) is 6.07 Å². The first-order valence-corrected chi connectivity index (χ1v) is 12.2. The lowest BCUT2D eigenvalue weighted by Crippen LogP contribution is -2.42. The standard InChI is InChI=1S/C30H29NO6/c1-18-6-5-7-21(12-18)30(33)31-11-10-20-14-27(34-3)28(35-4)16-24(20)25(31)17-36-22-8-9-23-19(2)13-29(32)37-26(23)15-22/h5-9,12-16,25H,10-11,17H2,1-4H3/t25-/m1/s1. The number of nitrogens with zero attached hydrogens (tertiary/aromatic N) is 1. The Morgan fingerprint density at radius 1 is 1.00 bits per heavy atom. The van der Waals surface area contributed by atoms with Crippen molar-refractivity contribution in [3.8, 4) is 17.2 Å². The zero-order chi connectivity index (χ0) is 26.1. The van der Waals surface area contributed by atoms with E-state index >= 15 is 0 Å². The molecule has 0 fully saturated rings. The van der Waals surface area contributed by atoms with Gasteiger partial charge < -0.3 is 23.5 Å². The summed E-state index contributed by atoms with van der Waals surface area (Å²) in [7, 11) is 3.21. The number of ether oxygens (including phenoxy) is 3. The predicted octanol–water partition coefficient (Wildman–Crippen LogP) is 5.25. The van der Waals surface area contributed by atoms with Crippen molar-refractivity contribution in [3.05, 3.63) is 98.9 Å². The van der Waals surface area contributed by atoms with E-state index in [2.05, 4.69) is 0 Å². The van der Waals surface area contributed by atoms with Crippen LogP contribution in [-0.4, -0.2) is 38.2 Å². The van der Waals surface area contributed by atoms with Crippen molar-refractivity contribution in [2.24, 2.45) is 0 Å². The van der Waals surface area contributed by atoms with Crippen LogP contribution in [0.25, 0.3) is 11.0 Å². The first kappa shape index (κ1) is 24.4. The van der Waals surface area contributed by atoms with Crippen LogP contribution >= 0.6 is 0 Å². The molecule has 7 heteroatoms. The third-order valence-electron chi connectivity index (χ3n) is 6.86. The number of hydrogen-bond donors (Lipinski definition) is 0. The van der Waals surface area contributed by atoms with Gasteiger partial charge in [0, 0.05) is 29.6 Å². The van der Waals surface area contributed by atoms with E-state index < -0.39 is 5.63 Å². The minimum absolute atomic E-state index is 0.0575. The van der Waals surface area contributed by atoms with E-state index in [9.17, 15) is 9.59 Å².